The van der Waals surface area contributed by atoms with Crippen LogP contribution in [0, 0.1) is 0 Å². The fraction of sp³-hybridized carbons (Fsp3) is 0.696. The molecule has 55 heavy (non-hydrogen) atoms. The minimum absolute atomic E-state index is 0.0154. The normalized spacial score (nSPS) is 14.0. The average molecular weight is 791 g/mol. The van der Waals surface area contributed by atoms with Gasteiger partial charge in [0, 0.05) is 12.8 Å². The molecule has 0 saturated carbocycles. The molecule has 0 bridgehead atoms. The molecule has 0 aliphatic rings. The molecule has 0 aromatic carbocycles. The summed E-state index contributed by atoms with van der Waals surface area (Å²) >= 11 is 0. The second-order valence-corrected chi connectivity index (χ2v) is 15.4. The second kappa shape index (κ2) is 41.1. The summed E-state index contributed by atoms with van der Waals surface area (Å²) in [5.74, 6) is -0.896. The molecule has 0 aliphatic carbocycles. The van der Waals surface area contributed by atoms with Gasteiger partial charge in [0.1, 0.15) is 6.61 Å². The first kappa shape index (κ1) is 52.5. The third-order valence-electron chi connectivity index (χ3n) is 8.79. The zero-order valence-electron chi connectivity index (χ0n) is 35.1. The first-order chi connectivity index (χ1) is 26.8. The fourth-order valence-corrected chi connectivity index (χ4v) is 6.41. The Morgan fingerprint density at radius 1 is 0.509 bits per heavy atom. The van der Waals surface area contributed by atoms with Crippen LogP contribution in [0.1, 0.15) is 181 Å². The second-order valence-electron chi connectivity index (χ2n) is 14.0. The summed E-state index contributed by atoms with van der Waals surface area (Å²) in [7, 11) is -4.30. The summed E-state index contributed by atoms with van der Waals surface area (Å²) in [4.78, 5) is 34.7. The maximum Gasteiger partial charge on any atom is 0.472 e. The van der Waals surface area contributed by atoms with Gasteiger partial charge in [-0.25, -0.2) is 4.57 Å². The number of hydrogen-bond acceptors (Lipinski definition) is 7. The van der Waals surface area contributed by atoms with Crippen LogP contribution >= 0.6 is 7.82 Å². The van der Waals surface area contributed by atoms with Crippen molar-refractivity contribution in [1.82, 2.24) is 0 Å². The van der Waals surface area contributed by atoms with Gasteiger partial charge in [-0.1, -0.05) is 183 Å². The van der Waals surface area contributed by atoms with Crippen molar-refractivity contribution in [2.24, 2.45) is 0 Å². The van der Waals surface area contributed by atoms with Crippen molar-refractivity contribution in [3.63, 3.8) is 0 Å². The number of rotatable bonds is 39. The Morgan fingerprint density at radius 3 is 1.36 bits per heavy atom. The molecule has 0 aliphatic heterocycles. The van der Waals surface area contributed by atoms with Gasteiger partial charge in [-0.05, 0) is 58.3 Å². The lowest BCUT2D eigenvalue weighted by atomic mass is 10.0. The third kappa shape index (κ3) is 41.0. The van der Waals surface area contributed by atoms with E-state index in [-0.39, 0.29) is 32.0 Å². The Bertz CT molecular complexity index is 1120. The quantitative estimate of drug-likeness (QED) is 0.0284. The van der Waals surface area contributed by atoms with Crippen molar-refractivity contribution in [2.45, 2.75) is 187 Å². The summed E-state index contributed by atoms with van der Waals surface area (Å²) in [6, 6.07) is 0. The molecule has 0 heterocycles. The Kier molecular flexibility index (Phi) is 39.3. The number of phosphoric ester groups is 1. The molecular formula is C46H79O8P. The number of hydrogen-bond donors (Lipinski definition) is 1. The Morgan fingerprint density at radius 2 is 0.927 bits per heavy atom. The van der Waals surface area contributed by atoms with Gasteiger partial charge in [-0.2, -0.15) is 0 Å². The van der Waals surface area contributed by atoms with E-state index in [1.165, 1.54) is 83.5 Å². The van der Waals surface area contributed by atoms with Crippen LogP contribution in [-0.4, -0.2) is 42.8 Å². The van der Waals surface area contributed by atoms with Gasteiger partial charge in [0.05, 0.1) is 13.2 Å². The predicted octanol–water partition coefficient (Wildman–Crippen LogP) is 13.7. The highest BCUT2D eigenvalue weighted by molar-refractivity contribution is 7.47. The van der Waals surface area contributed by atoms with Crippen LogP contribution in [0.15, 0.2) is 72.9 Å². The molecule has 0 radical (unpaired) electrons. The van der Waals surface area contributed by atoms with E-state index in [4.69, 9.17) is 18.5 Å². The molecule has 2 atom stereocenters. The zero-order chi connectivity index (χ0) is 40.3. The first-order valence-electron chi connectivity index (χ1n) is 21.7. The van der Waals surface area contributed by atoms with Crippen LogP contribution in [0.4, 0.5) is 0 Å². The highest BCUT2D eigenvalue weighted by Gasteiger charge is 2.25. The van der Waals surface area contributed by atoms with Crippen LogP contribution in [-0.2, 0) is 32.7 Å². The lowest BCUT2D eigenvalue weighted by molar-refractivity contribution is -0.161. The van der Waals surface area contributed by atoms with Gasteiger partial charge in [-0.3, -0.25) is 18.6 Å². The van der Waals surface area contributed by atoms with E-state index < -0.39 is 26.5 Å². The van der Waals surface area contributed by atoms with E-state index in [1.807, 2.05) is 12.2 Å². The van der Waals surface area contributed by atoms with Crippen molar-refractivity contribution in [1.29, 1.82) is 0 Å². The predicted molar refractivity (Wildman–Crippen MR) is 230 cm³/mol. The van der Waals surface area contributed by atoms with Gasteiger partial charge in [0.15, 0.2) is 6.10 Å². The van der Waals surface area contributed by atoms with Gasteiger partial charge in [0.2, 0.25) is 0 Å². The molecular weight excluding hydrogens is 711 g/mol. The van der Waals surface area contributed by atoms with Gasteiger partial charge >= 0.3 is 19.8 Å². The Labute approximate surface area is 336 Å². The molecule has 0 aromatic rings. The molecule has 316 valence electrons. The van der Waals surface area contributed by atoms with Crippen molar-refractivity contribution in [3.8, 4) is 0 Å². The molecule has 0 aromatic heterocycles. The lowest BCUT2D eigenvalue weighted by Crippen LogP contribution is -2.29. The van der Waals surface area contributed by atoms with Crippen LogP contribution in [0.25, 0.3) is 0 Å². The number of carbonyl (C=O) groups is 2. The van der Waals surface area contributed by atoms with E-state index in [0.717, 1.165) is 57.8 Å². The lowest BCUT2D eigenvalue weighted by Gasteiger charge is -2.19. The average Bonchev–Trinajstić information content (AvgIpc) is 3.16. The largest absolute Gasteiger partial charge is 0.472 e. The summed E-state index contributed by atoms with van der Waals surface area (Å²) in [5, 5.41) is 0. The van der Waals surface area contributed by atoms with Gasteiger partial charge < -0.3 is 14.4 Å². The molecule has 0 amide bonds. The van der Waals surface area contributed by atoms with Gasteiger partial charge in [0.25, 0.3) is 0 Å². The maximum atomic E-state index is 12.5. The number of ether oxygens (including phenoxy) is 2. The number of carbonyl (C=O) groups excluding carboxylic acids is 2. The number of phosphoric acid groups is 1. The SMILES string of the molecule is CC/C=C\C/C=C\C/C=C\C/C=C\C/C=C\C/C=C\CCC(=O)OC(COC(=O)CCCCCCCCCCCCCCCCCC)COP(=O)(O)OCC. The molecule has 0 rings (SSSR count). The molecule has 0 saturated heterocycles. The molecule has 1 N–H and O–H groups in total. The van der Waals surface area contributed by atoms with Crippen LogP contribution < -0.4 is 0 Å². The van der Waals surface area contributed by atoms with Crippen molar-refractivity contribution >= 4 is 19.8 Å². The maximum absolute atomic E-state index is 12.5. The first-order valence-corrected chi connectivity index (χ1v) is 23.2. The van der Waals surface area contributed by atoms with Crippen molar-refractivity contribution in [3.05, 3.63) is 72.9 Å². The Hall–Kier alpha value is -2.51. The van der Waals surface area contributed by atoms with E-state index in [1.54, 1.807) is 6.92 Å². The minimum atomic E-state index is -4.30. The van der Waals surface area contributed by atoms with Crippen LogP contribution in [0.2, 0.25) is 0 Å². The molecule has 2 unspecified atom stereocenters. The number of esters is 2. The fourth-order valence-electron chi connectivity index (χ4n) is 5.65. The molecule has 0 fully saturated rings. The zero-order valence-corrected chi connectivity index (χ0v) is 36.0. The van der Waals surface area contributed by atoms with Crippen molar-refractivity contribution < 1.29 is 37.6 Å². The monoisotopic (exact) mass is 791 g/mol. The highest BCUT2D eigenvalue weighted by atomic mass is 31.2. The highest BCUT2D eigenvalue weighted by Crippen LogP contribution is 2.43. The summed E-state index contributed by atoms with van der Waals surface area (Å²) in [6.07, 6.45) is 51.1. The standard InChI is InChI=1S/C46H79O8P/c1-4-7-9-11-13-15-17-19-21-23-24-25-27-29-31-33-35-37-39-41-46(48)54-44(43-53-55(49,50)52-6-3)42-51-45(47)40-38-36-34-32-30-28-26-22-20-18-16-14-12-10-8-5-2/h7,9,13,15,19,21,24-25,29,31,35,37,44H,4-6,8,10-12,14,16-18,20,22-23,26-28,30,32-34,36,38-43H2,1-3H3,(H,49,50)/b9-7-,15-13-,21-19-,25-24-,31-29-,37-35-. The third-order valence-corrected chi connectivity index (χ3v) is 9.85. The van der Waals surface area contributed by atoms with E-state index in [0.29, 0.717) is 6.42 Å². The molecule has 0 spiro atoms. The van der Waals surface area contributed by atoms with Crippen LogP contribution in [0.5, 0.6) is 0 Å². The van der Waals surface area contributed by atoms with Crippen LogP contribution in [0.3, 0.4) is 0 Å². The summed E-state index contributed by atoms with van der Waals surface area (Å²) < 4.78 is 32.6. The summed E-state index contributed by atoms with van der Waals surface area (Å²) in [6.45, 7) is 5.28. The van der Waals surface area contributed by atoms with E-state index in [9.17, 15) is 19.0 Å². The number of allylic oxidation sites excluding steroid dienone is 12. The minimum Gasteiger partial charge on any atom is -0.462 e. The van der Waals surface area contributed by atoms with Gasteiger partial charge in [-0.15, -0.1) is 0 Å². The van der Waals surface area contributed by atoms with E-state index >= 15 is 0 Å². The smallest absolute Gasteiger partial charge is 0.462 e. The topological polar surface area (TPSA) is 108 Å². The summed E-state index contributed by atoms with van der Waals surface area (Å²) in [5.41, 5.74) is 0. The molecule has 8 nitrogen and oxygen atoms in total. The van der Waals surface area contributed by atoms with E-state index in [2.05, 4.69) is 74.6 Å². The number of unbranched alkanes of at least 4 members (excludes halogenated alkanes) is 15. The molecule has 9 heteroatoms. The Balaban J connectivity index is 4.21. The van der Waals surface area contributed by atoms with Crippen molar-refractivity contribution in [2.75, 3.05) is 19.8 Å².